The highest BCUT2D eigenvalue weighted by atomic mass is 16.5. The van der Waals surface area contributed by atoms with Crippen molar-refractivity contribution >= 4 is 17.0 Å². The van der Waals surface area contributed by atoms with E-state index in [2.05, 4.69) is 10.1 Å². The molecule has 0 bridgehead atoms. The molecule has 23 heavy (non-hydrogen) atoms. The van der Waals surface area contributed by atoms with Gasteiger partial charge in [0.15, 0.2) is 0 Å². The SMILES string of the molecule is Cc1cc(C(=O)N(C)CC2CCCCC2O)c2c(C)noc2n1. The highest BCUT2D eigenvalue weighted by Gasteiger charge is 2.27. The Morgan fingerprint density at radius 3 is 2.87 bits per heavy atom. The summed E-state index contributed by atoms with van der Waals surface area (Å²) in [6.07, 6.45) is 3.67. The van der Waals surface area contributed by atoms with Gasteiger partial charge in [0.05, 0.1) is 22.7 Å². The Morgan fingerprint density at radius 2 is 2.13 bits per heavy atom. The number of hydrogen-bond donors (Lipinski definition) is 1. The van der Waals surface area contributed by atoms with E-state index < -0.39 is 0 Å². The van der Waals surface area contributed by atoms with Gasteiger partial charge in [0.1, 0.15) is 0 Å². The number of rotatable bonds is 3. The van der Waals surface area contributed by atoms with Crippen molar-refractivity contribution in [2.24, 2.45) is 5.92 Å². The molecule has 2 aromatic rings. The Hall–Kier alpha value is -1.95. The van der Waals surface area contributed by atoms with Crippen molar-refractivity contribution in [3.05, 3.63) is 23.0 Å². The summed E-state index contributed by atoms with van der Waals surface area (Å²) in [5, 5.41) is 14.7. The van der Waals surface area contributed by atoms with Crippen molar-refractivity contribution in [3.63, 3.8) is 0 Å². The third-order valence-electron chi connectivity index (χ3n) is 4.70. The molecule has 0 aromatic carbocycles. The van der Waals surface area contributed by atoms with E-state index in [1.165, 1.54) is 0 Å². The van der Waals surface area contributed by atoms with E-state index in [0.717, 1.165) is 31.4 Å². The first-order chi connectivity index (χ1) is 11.0. The van der Waals surface area contributed by atoms with Crippen molar-refractivity contribution in [2.45, 2.75) is 45.6 Å². The summed E-state index contributed by atoms with van der Waals surface area (Å²) >= 11 is 0. The van der Waals surface area contributed by atoms with E-state index in [9.17, 15) is 9.90 Å². The van der Waals surface area contributed by atoms with Crippen molar-refractivity contribution in [3.8, 4) is 0 Å². The minimum Gasteiger partial charge on any atom is -0.393 e. The van der Waals surface area contributed by atoms with Gasteiger partial charge >= 0.3 is 0 Å². The van der Waals surface area contributed by atoms with Crippen molar-refractivity contribution < 1.29 is 14.4 Å². The van der Waals surface area contributed by atoms with Crippen molar-refractivity contribution in [2.75, 3.05) is 13.6 Å². The molecule has 1 saturated carbocycles. The van der Waals surface area contributed by atoms with Crippen LogP contribution < -0.4 is 0 Å². The minimum atomic E-state index is -0.310. The van der Waals surface area contributed by atoms with Gasteiger partial charge in [-0.05, 0) is 32.8 Å². The fourth-order valence-electron chi connectivity index (χ4n) is 3.43. The zero-order valence-corrected chi connectivity index (χ0v) is 13.9. The lowest BCUT2D eigenvalue weighted by Gasteiger charge is -2.31. The van der Waals surface area contributed by atoms with E-state index in [-0.39, 0.29) is 17.9 Å². The predicted molar refractivity (Wildman–Crippen MR) is 86.2 cm³/mol. The fraction of sp³-hybridized carbons (Fsp3) is 0.588. The van der Waals surface area contributed by atoms with Crippen LogP contribution in [0.3, 0.4) is 0 Å². The summed E-state index contributed by atoms with van der Waals surface area (Å²) in [6, 6.07) is 1.78. The molecule has 6 nitrogen and oxygen atoms in total. The van der Waals surface area contributed by atoms with Crippen molar-refractivity contribution in [1.29, 1.82) is 0 Å². The molecule has 0 aliphatic heterocycles. The molecule has 2 heterocycles. The molecule has 2 atom stereocenters. The number of fused-ring (bicyclic) bond motifs is 1. The number of carbonyl (C=O) groups is 1. The lowest BCUT2D eigenvalue weighted by molar-refractivity contribution is 0.0452. The molecule has 0 radical (unpaired) electrons. The van der Waals surface area contributed by atoms with Crippen LogP contribution in [0.2, 0.25) is 0 Å². The monoisotopic (exact) mass is 317 g/mol. The average molecular weight is 317 g/mol. The van der Waals surface area contributed by atoms with Gasteiger partial charge in [-0.1, -0.05) is 18.0 Å². The first-order valence-corrected chi connectivity index (χ1v) is 8.14. The predicted octanol–water partition coefficient (Wildman–Crippen LogP) is 2.46. The lowest BCUT2D eigenvalue weighted by atomic mass is 9.86. The molecule has 0 spiro atoms. The molecule has 0 saturated heterocycles. The third-order valence-corrected chi connectivity index (χ3v) is 4.70. The topological polar surface area (TPSA) is 79.5 Å². The highest BCUT2D eigenvalue weighted by molar-refractivity contribution is 6.05. The Bertz CT molecular complexity index is 725. The molecular weight excluding hydrogens is 294 g/mol. The van der Waals surface area contributed by atoms with Crippen LogP contribution in [0.5, 0.6) is 0 Å². The van der Waals surface area contributed by atoms with Crippen molar-refractivity contribution in [1.82, 2.24) is 15.0 Å². The summed E-state index contributed by atoms with van der Waals surface area (Å²) in [7, 11) is 1.79. The van der Waals surface area contributed by atoms with E-state index in [1.807, 2.05) is 13.8 Å². The molecule has 1 fully saturated rings. The molecule has 2 unspecified atom stereocenters. The molecule has 1 aliphatic rings. The average Bonchev–Trinajstić information content (AvgIpc) is 2.89. The minimum absolute atomic E-state index is 0.0791. The maximum absolute atomic E-state index is 12.9. The number of hydrogen-bond acceptors (Lipinski definition) is 5. The van der Waals surface area contributed by atoms with E-state index in [1.54, 1.807) is 18.0 Å². The second kappa shape index (κ2) is 6.28. The second-order valence-corrected chi connectivity index (χ2v) is 6.56. The molecule has 1 aliphatic carbocycles. The Balaban J connectivity index is 1.86. The number of pyridine rings is 1. The summed E-state index contributed by atoms with van der Waals surface area (Å²) < 4.78 is 5.20. The van der Waals surface area contributed by atoms with E-state index in [0.29, 0.717) is 28.9 Å². The molecule has 3 rings (SSSR count). The number of amides is 1. The number of aryl methyl sites for hydroxylation is 2. The smallest absolute Gasteiger partial charge is 0.258 e. The van der Waals surface area contributed by atoms with Gasteiger partial charge in [0.25, 0.3) is 11.6 Å². The fourth-order valence-corrected chi connectivity index (χ4v) is 3.43. The third kappa shape index (κ3) is 3.08. The summed E-state index contributed by atoms with van der Waals surface area (Å²) in [5.74, 6) is 0.0734. The van der Waals surface area contributed by atoms with E-state index in [4.69, 9.17) is 4.52 Å². The van der Waals surface area contributed by atoms with Gasteiger partial charge in [-0.15, -0.1) is 0 Å². The zero-order valence-electron chi connectivity index (χ0n) is 13.9. The van der Waals surface area contributed by atoms with Crippen LogP contribution in [0, 0.1) is 19.8 Å². The Labute approximate surface area is 135 Å². The normalized spacial score (nSPS) is 21.6. The molecule has 6 heteroatoms. The first kappa shape index (κ1) is 15.9. The maximum atomic E-state index is 12.9. The molecule has 1 amide bonds. The van der Waals surface area contributed by atoms with Crippen LogP contribution in [0.4, 0.5) is 0 Å². The summed E-state index contributed by atoms with van der Waals surface area (Å²) in [4.78, 5) is 18.9. The van der Waals surface area contributed by atoms with Crippen LogP contribution in [0.15, 0.2) is 10.6 Å². The quantitative estimate of drug-likeness (QED) is 0.940. The van der Waals surface area contributed by atoms with Gasteiger partial charge in [-0.2, -0.15) is 0 Å². The number of nitrogens with zero attached hydrogens (tertiary/aromatic N) is 3. The lowest BCUT2D eigenvalue weighted by Crippen LogP contribution is -2.38. The van der Waals surface area contributed by atoms with Crippen LogP contribution in [-0.4, -0.2) is 45.8 Å². The second-order valence-electron chi connectivity index (χ2n) is 6.56. The van der Waals surface area contributed by atoms with Gasteiger partial charge in [0, 0.05) is 25.2 Å². The van der Waals surface area contributed by atoms with Crippen LogP contribution in [0.1, 0.15) is 47.4 Å². The van der Waals surface area contributed by atoms with E-state index >= 15 is 0 Å². The zero-order chi connectivity index (χ0) is 16.6. The highest BCUT2D eigenvalue weighted by Crippen LogP contribution is 2.27. The maximum Gasteiger partial charge on any atom is 0.258 e. The van der Waals surface area contributed by atoms with Gasteiger partial charge in [-0.25, -0.2) is 4.98 Å². The van der Waals surface area contributed by atoms with Gasteiger partial charge in [0.2, 0.25) is 0 Å². The molecule has 1 N–H and O–H groups in total. The first-order valence-electron chi connectivity index (χ1n) is 8.14. The van der Waals surface area contributed by atoms with Gasteiger partial charge < -0.3 is 14.5 Å². The summed E-state index contributed by atoms with van der Waals surface area (Å²) in [5.41, 5.74) is 2.36. The Kier molecular flexibility index (Phi) is 4.35. The van der Waals surface area contributed by atoms with Crippen LogP contribution in [-0.2, 0) is 0 Å². The van der Waals surface area contributed by atoms with Gasteiger partial charge in [-0.3, -0.25) is 4.79 Å². The molecular formula is C17H23N3O3. The number of aliphatic hydroxyl groups is 1. The Morgan fingerprint density at radius 1 is 1.39 bits per heavy atom. The largest absolute Gasteiger partial charge is 0.393 e. The summed E-state index contributed by atoms with van der Waals surface area (Å²) in [6.45, 7) is 4.21. The molecule has 124 valence electrons. The number of aromatic nitrogens is 2. The standard InChI is InChI=1S/C17H23N3O3/c1-10-8-13(15-11(2)19-23-16(15)18-10)17(22)20(3)9-12-6-4-5-7-14(12)21/h8,12,14,21H,4-7,9H2,1-3H3. The van der Waals surface area contributed by atoms with Crippen LogP contribution in [0.25, 0.3) is 11.1 Å². The van der Waals surface area contributed by atoms with Crippen LogP contribution >= 0.6 is 0 Å². The number of carbonyl (C=O) groups excluding carboxylic acids is 1. The number of aliphatic hydroxyl groups excluding tert-OH is 1. The molecule has 2 aromatic heterocycles.